The van der Waals surface area contributed by atoms with Gasteiger partial charge >= 0.3 is 0 Å². The highest BCUT2D eigenvalue weighted by atomic mass is 35.5. The maximum absolute atomic E-state index is 13.0. The summed E-state index contributed by atoms with van der Waals surface area (Å²) < 4.78 is 13.0. The highest BCUT2D eigenvalue weighted by Gasteiger charge is 2.31. The normalized spacial score (nSPS) is 16.1. The molecule has 0 bridgehead atoms. The standard InChI is InChI=1S/C17H17ClFN/c18-16-4-2-1-3-14(16)11-20-17(12-5-6-12)13-7-9-15(19)10-8-13/h1-4,7-10,12,17,20H,5-6,11H2. The van der Waals surface area contributed by atoms with Gasteiger partial charge in [-0.05, 0) is 48.1 Å². The quantitative estimate of drug-likeness (QED) is 0.840. The number of nitrogens with one attached hydrogen (secondary N) is 1. The first-order valence-electron chi connectivity index (χ1n) is 6.96. The third-order valence-corrected chi connectivity index (χ3v) is 4.16. The molecule has 1 aliphatic rings. The van der Waals surface area contributed by atoms with Crippen LogP contribution in [0.2, 0.25) is 5.02 Å². The molecule has 3 rings (SSSR count). The summed E-state index contributed by atoms with van der Waals surface area (Å²) >= 11 is 6.18. The van der Waals surface area contributed by atoms with Gasteiger partial charge in [-0.3, -0.25) is 0 Å². The maximum Gasteiger partial charge on any atom is 0.123 e. The van der Waals surface area contributed by atoms with E-state index in [1.54, 1.807) is 0 Å². The van der Waals surface area contributed by atoms with Crippen LogP contribution in [0.25, 0.3) is 0 Å². The minimum atomic E-state index is -0.186. The van der Waals surface area contributed by atoms with E-state index < -0.39 is 0 Å². The van der Waals surface area contributed by atoms with Crippen molar-refractivity contribution in [3.8, 4) is 0 Å². The van der Waals surface area contributed by atoms with Gasteiger partial charge in [-0.25, -0.2) is 4.39 Å². The van der Waals surface area contributed by atoms with E-state index in [-0.39, 0.29) is 11.9 Å². The van der Waals surface area contributed by atoms with Gasteiger partial charge in [-0.2, -0.15) is 0 Å². The molecule has 0 saturated heterocycles. The molecule has 2 aromatic carbocycles. The molecule has 1 saturated carbocycles. The second-order valence-corrected chi connectivity index (χ2v) is 5.75. The summed E-state index contributed by atoms with van der Waals surface area (Å²) in [6.45, 7) is 0.734. The Hall–Kier alpha value is -1.38. The summed E-state index contributed by atoms with van der Waals surface area (Å²) in [4.78, 5) is 0. The molecule has 0 amide bonds. The van der Waals surface area contributed by atoms with Gasteiger partial charge in [0.1, 0.15) is 5.82 Å². The molecular weight excluding hydrogens is 273 g/mol. The third kappa shape index (κ3) is 3.20. The molecule has 0 radical (unpaired) electrons. The Kier molecular flexibility index (Phi) is 4.04. The van der Waals surface area contributed by atoms with Crippen LogP contribution < -0.4 is 5.32 Å². The monoisotopic (exact) mass is 289 g/mol. The Morgan fingerprint density at radius 1 is 1.10 bits per heavy atom. The van der Waals surface area contributed by atoms with Gasteiger partial charge in [0.25, 0.3) is 0 Å². The van der Waals surface area contributed by atoms with Crippen LogP contribution >= 0.6 is 11.6 Å². The lowest BCUT2D eigenvalue weighted by Crippen LogP contribution is -2.22. The smallest absolute Gasteiger partial charge is 0.123 e. The molecule has 1 unspecified atom stereocenters. The van der Waals surface area contributed by atoms with Gasteiger partial charge in [0.15, 0.2) is 0 Å². The second-order valence-electron chi connectivity index (χ2n) is 5.34. The van der Waals surface area contributed by atoms with Crippen molar-refractivity contribution >= 4 is 11.6 Å². The van der Waals surface area contributed by atoms with Gasteiger partial charge in [-0.15, -0.1) is 0 Å². The first-order chi connectivity index (χ1) is 9.74. The van der Waals surface area contributed by atoms with Crippen LogP contribution in [-0.2, 0) is 6.54 Å². The number of hydrogen-bond donors (Lipinski definition) is 1. The molecule has 104 valence electrons. The number of hydrogen-bond acceptors (Lipinski definition) is 1. The Bertz CT molecular complexity index is 578. The topological polar surface area (TPSA) is 12.0 Å². The Balaban J connectivity index is 1.72. The molecule has 1 nitrogen and oxygen atoms in total. The lowest BCUT2D eigenvalue weighted by atomic mass is 10.0. The maximum atomic E-state index is 13.0. The van der Waals surface area contributed by atoms with E-state index in [4.69, 9.17) is 11.6 Å². The molecule has 3 heteroatoms. The van der Waals surface area contributed by atoms with Gasteiger partial charge in [0, 0.05) is 17.6 Å². The minimum absolute atomic E-state index is 0.186. The van der Waals surface area contributed by atoms with Crippen molar-refractivity contribution in [3.05, 3.63) is 70.5 Å². The lowest BCUT2D eigenvalue weighted by Gasteiger charge is -2.19. The van der Waals surface area contributed by atoms with Crippen LogP contribution in [-0.4, -0.2) is 0 Å². The zero-order valence-electron chi connectivity index (χ0n) is 11.2. The largest absolute Gasteiger partial charge is 0.306 e. The van der Waals surface area contributed by atoms with E-state index in [0.29, 0.717) is 5.92 Å². The van der Waals surface area contributed by atoms with Crippen LogP contribution in [0.1, 0.15) is 30.0 Å². The van der Waals surface area contributed by atoms with Crippen molar-refractivity contribution < 1.29 is 4.39 Å². The van der Waals surface area contributed by atoms with Crippen molar-refractivity contribution in [3.63, 3.8) is 0 Å². The first kappa shape index (κ1) is 13.6. The summed E-state index contributed by atoms with van der Waals surface area (Å²) in [5, 5.41) is 4.35. The predicted molar refractivity (Wildman–Crippen MR) is 80.2 cm³/mol. The third-order valence-electron chi connectivity index (χ3n) is 3.79. The van der Waals surface area contributed by atoms with Crippen molar-refractivity contribution in [2.75, 3.05) is 0 Å². The van der Waals surface area contributed by atoms with Crippen LogP contribution in [0, 0.1) is 11.7 Å². The van der Waals surface area contributed by atoms with E-state index >= 15 is 0 Å². The highest BCUT2D eigenvalue weighted by Crippen LogP contribution is 2.41. The first-order valence-corrected chi connectivity index (χ1v) is 7.34. The van der Waals surface area contributed by atoms with E-state index in [1.807, 2.05) is 36.4 Å². The average molecular weight is 290 g/mol. The zero-order chi connectivity index (χ0) is 13.9. The fraction of sp³-hybridized carbons (Fsp3) is 0.294. The van der Waals surface area contributed by atoms with Crippen LogP contribution in [0.4, 0.5) is 4.39 Å². The van der Waals surface area contributed by atoms with Crippen molar-refractivity contribution in [1.29, 1.82) is 0 Å². The van der Waals surface area contributed by atoms with Crippen molar-refractivity contribution in [2.45, 2.75) is 25.4 Å². The second kappa shape index (κ2) is 5.94. The summed E-state index contributed by atoms with van der Waals surface area (Å²) in [7, 11) is 0. The van der Waals surface area contributed by atoms with Gasteiger partial charge < -0.3 is 5.32 Å². The zero-order valence-corrected chi connectivity index (χ0v) is 11.9. The SMILES string of the molecule is Fc1ccc(C(NCc2ccccc2Cl)C2CC2)cc1. The van der Waals surface area contributed by atoms with Gasteiger partial charge in [0.05, 0.1) is 0 Å². The summed E-state index contributed by atoms with van der Waals surface area (Å²) in [6, 6.07) is 15.0. The van der Waals surface area contributed by atoms with Crippen molar-refractivity contribution in [1.82, 2.24) is 5.32 Å². The molecule has 0 aromatic heterocycles. The van der Waals surface area contributed by atoms with E-state index in [9.17, 15) is 4.39 Å². The minimum Gasteiger partial charge on any atom is -0.306 e. The number of halogens is 2. The Morgan fingerprint density at radius 3 is 2.45 bits per heavy atom. The van der Waals surface area contributed by atoms with Gasteiger partial charge in [-0.1, -0.05) is 41.9 Å². The highest BCUT2D eigenvalue weighted by molar-refractivity contribution is 6.31. The summed E-state index contributed by atoms with van der Waals surface area (Å²) in [5.74, 6) is 0.470. The van der Waals surface area contributed by atoms with E-state index in [0.717, 1.165) is 22.7 Å². The Morgan fingerprint density at radius 2 is 1.80 bits per heavy atom. The fourth-order valence-electron chi connectivity index (χ4n) is 2.52. The fourth-order valence-corrected chi connectivity index (χ4v) is 2.72. The van der Waals surface area contributed by atoms with E-state index in [2.05, 4.69) is 5.32 Å². The molecular formula is C17H17ClFN. The summed E-state index contributed by atoms with van der Waals surface area (Å²) in [5.41, 5.74) is 2.25. The molecule has 0 aliphatic heterocycles. The molecule has 1 aliphatic carbocycles. The Labute approximate surface area is 123 Å². The molecule has 1 fully saturated rings. The van der Waals surface area contributed by atoms with Crippen molar-refractivity contribution in [2.24, 2.45) is 5.92 Å². The number of rotatable bonds is 5. The summed E-state index contributed by atoms with van der Waals surface area (Å²) in [6.07, 6.45) is 2.47. The van der Waals surface area contributed by atoms with Crippen LogP contribution in [0.3, 0.4) is 0 Å². The van der Waals surface area contributed by atoms with Crippen LogP contribution in [0.15, 0.2) is 48.5 Å². The number of benzene rings is 2. The molecule has 2 aromatic rings. The van der Waals surface area contributed by atoms with Gasteiger partial charge in [0.2, 0.25) is 0 Å². The molecule has 20 heavy (non-hydrogen) atoms. The predicted octanol–water partition coefficient (Wildman–Crippen LogP) is 4.72. The lowest BCUT2D eigenvalue weighted by molar-refractivity contribution is 0.479. The average Bonchev–Trinajstić information content (AvgIpc) is 3.27. The molecule has 1 N–H and O–H groups in total. The molecule has 1 atom stereocenters. The molecule has 0 heterocycles. The van der Waals surface area contributed by atoms with Crippen LogP contribution in [0.5, 0.6) is 0 Å². The van der Waals surface area contributed by atoms with E-state index in [1.165, 1.54) is 25.0 Å². The molecule has 0 spiro atoms.